The van der Waals surface area contributed by atoms with Crippen molar-refractivity contribution in [2.45, 2.75) is 20.4 Å². The van der Waals surface area contributed by atoms with Crippen molar-refractivity contribution in [2.75, 3.05) is 11.9 Å². The number of Topliss-reactive ketones (excluding diaryl/α,β-unsaturated/α-hetero) is 1. The summed E-state index contributed by atoms with van der Waals surface area (Å²) in [7, 11) is 0. The third-order valence-corrected chi connectivity index (χ3v) is 4.52. The number of halogens is 1. The molecule has 0 saturated carbocycles. The Morgan fingerprint density at radius 2 is 1.93 bits per heavy atom. The second kappa shape index (κ2) is 6.92. The molecule has 0 radical (unpaired) electrons. The average molecular weight is 379 g/mol. The van der Waals surface area contributed by atoms with Crippen molar-refractivity contribution in [3.05, 3.63) is 54.0 Å². The largest absolute Gasteiger partial charge is 0.482 e. The number of hydrogen-bond acceptors (Lipinski definition) is 4. The zero-order chi connectivity index (χ0) is 19.8. The first-order valence-electron chi connectivity index (χ1n) is 8.82. The molecule has 2 heterocycles. The fraction of sp³-hybridized carbons (Fsp3) is 0.190. The van der Waals surface area contributed by atoms with Crippen LogP contribution in [0.3, 0.4) is 0 Å². The van der Waals surface area contributed by atoms with Gasteiger partial charge in [0.1, 0.15) is 11.6 Å². The standard InChI is InChI=1S/C21H18FN3O3/c1-12(26)10-25-21(14-3-6-16(22)7-4-14)20(13(2)24-25)15-5-8-18-17(9-15)23-19(27)11-28-18/h3-9H,10-11H2,1-2H3,(H,23,27). The Hall–Kier alpha value is -3.48. The fourth-order valence-electron chi connectivity index (χ4n) is 3.39. The lowest BCUT2D eigenvalue weighted by atomic mass is 9.98. The number of nitrogens with one attached hydrogen (secondary N) is 1. The molecule has 0 aliphatic carbocycles. The molecule has 1 aromatic heterocycles. The topological polar surface area (TPSA) is 73.2 Å². The molecule has 2 aromatic carbocycles. The van der Waals surface area contributed by atoms with E-state index in [-0.39, 0.29) is 30.7 Å². The summed E-state index contributed by atoms with van der Waals surface area (Å²) in [4.78, 5) is 23.4. The predicted molar refractivity (Wildman–Crippen MR) is 103 cm³/mol. The summed E-state index contributed by atoms with van der Waals surface area (Å²) in [5.74, 6) is 0.00433. The van der Waals surface area contributed by atoms with Crippen molar-refractivity contribution in [1.82, 2.24) is 9.78 Å². The maximum atomic E-state index is 13.4. The molecule has 0 atom stereocenters. The molecule has 0 fully saturated rings. The number of aryl methyl sites for hydroxylation is 1. The first-order valence-corrected chi connectivity index (χ1v) is 8.82. The number of ether oxygens (including phenoxy) is 1. The van der Waals surface area contributed by atoms with Crippen LogP contribution in [0.2, 0.25) is 0 Å². The van der Waals surface area contributed by atoms with Gasteiger partial charge in [-0.2, -0.15) is 5.10 Å². The van der Waals surface area contributed by atoms with Gasteiger partial charge in [0.2, 0.25) is 0 Å². The third-order valence-electron chi connectivity index (χ3n) is 4.52. The molecule has 4 rings (SSSR count). The first kappa shape index (κ1) is 17.9. The number of rotatable bonds is 4. The number of carbonyl (C=O) groups excluding carboxylic acids is 2. The van der Waals surface area contributed by atoms with E-state index in [9.17, 15) is 14.0 Å². The van der Waals surface area contributed by atoms with Crippen LogP contribution in [0.1, 0.15) is 12.6 Å². The third kappa shape index (κ3) is 3.26. The highest BCUT2D eigenvalue weighted by molar-refractivity contribution is 5.97. The van der Waals surface area contributed by atoms with E-state index in [4.69, 9.17) is 4.74 Å². The minimum absolute atomic E-state index is 0.0112. The predicted octanol–water partition coefficient (Wildman–Crippen LogP) is 3.58. The summed E-state index contributed by atoms with van der Waals surface area (Å²) < 4.78 is 20.5. The van der Waals surface area contributed by atoms with Gasteiger partial charge in [-0.1, -0.05) is 6.07 Å². The van der Waals surface area contributed by atoms with Gasteiger partial charge in [-0.3, -0.25) is 14.3 Å². The quantitative estimate of drug-likeness (QED) is 0.752. The van der Waals surface area contributed by atoms with Gasteiger partial charge in [0.15, 0.2) is 12.4 Å². The van der Waals surface area contributed by atoms with E-state index in [2.05, 4.69) is 10.4 Å². The Balaban J connectivity index is 1.90. The Morgan fingerprint density at radius 1 is 1.21 bits per heavy atom. The number of anilines is 1. The molecule has 142 valence electrons. The molecule has 3 aromatic rings. The van der Waals surface area contributed by atoms with E-state index < -0.39 is 0 Å². The van der Waals surface area contributed by atoms with Crippen LogP contribution >= 0.6 is 0 Å². The van der Waals surface area contributed by atoms with Crippen LogP contribution in [-0.2, 0) is 16.1 Å². The summed E-state index contributed by atoms with van der Waals surface area (Å²) in [5, 5.41) is 7.34. The second-order valence-electron chi connectivity index (χ2n) is 6.72. The smallest absolute Gasteiger partial charge is 0.262 e. The molecule has 6 nitrogen and oxygen atoms in total. The van der Waals surface area contributed by atoms with Gasteiger partial charge < -0.3 is 10.1 Å². The molecule has 7 heteroatoms. The van der Waals surface area contributed by atoms with E-state index in [1.54, 1.807) is 22.9 Å². The zero-order valence-corrected chi connectivity index (χ0v) is 15.5. The lowest BCUT2D eigenvalue weighted by molar-refractivity contribution is -0.119. The summed E-state index contributed by atoms with van der Waals surface area (Å²) in [6.07, 6.45) is 0. The van der Waals surface area contributed by atoms with Crippen molar-refractivity contribution in [1.29, 1.82) is 0 Å². The summed E-state index contributed by atoms with van der Waals surface area (Å²) in [6.45, 7) is 3.45. The number of aromatic nitrogens is 2. The van der Waals surface area contributed by atoms with Crippen molar-refractivity contribution < 1.29 is 18.7 Å². The molecule has 1 amide bonds. The summed E-state index contributed by atoms with van der Waals surface area (Å²) >= 11 is 0. The van der Waals surface area contributed by atoms with E-state index in [1.165, 1.54) is 19.1 Å². The van der Waals surface area contributed by atoms with E-state index in [1.807, 2.05) is 19.1 Å². The Morgan fingerprint density at radius 3 is 2.64 bits per heavy atom. The van der Waals surface area contributed by atoms with Crippen LogP contribution in [0.4, 0.5) is 10.1 Å². The Bertz CT molecular complexity index is 1090. The fourth-order valence-corrected chi connectivity index (χ4v) is 3.39. The monoisotopic (exact) mass is 379 g/mol. The van der Waals surface area contributed by atoms with Gasteiger partial charge in [-0.25, -0.2) is 4.39 Å². The number of carbonyl (C=O) groups is 2. The number of benzene rings is 2. The molecule has 0 bridgehead atoms. The Kier molecular flexibility index (Phi) is 4.43. The highest BCUT2D eigenvalue weighted by atomic mass is 19.1. The van der Waals surface area contributed by atoms with Crippen molar-refractivity contribution in [2.24, 2.45) is 0 Å². The minimum Gasteiger partial charge on any atom is -0.482 e. The zero-order valence-electron chi connectivity index (χ0n) is 15.5. The molecular formula is C21H18FN3O3. The molecule has 0 spiro atoms. The molecule has 0 saturated heterocycles. The van der Waals surface area contributed by atoms with E-state index >= 15 is 0 Å². The lowest BCUT2D eigenvalue weighted by Crippen LogP contribution is -2.25. The van der Waals surface area contributed by atoms with Gasteiger partial charge in [-0.15, -0.1) is 0 Å². The first-order chi connectivity index (χ1) is 13.4. The van der Waals surface area contributed by atoms with Gasteiger partial charge >= 0.3 is 0 Å². The van der Waals surface area contributed by atoms with Gasteiger partial charge in [0.25, 0.3) is 5.91 Å². The van der Waals surface area contributed by atoms with Crippen LogP contribution in [0.5, 0.6) is 5.75 Å². The SMILES string of the molecule is CC(=O)Cn1nc(C)c(-c2ccc3c(c2)NC(=O)CO3)c1-c1ccc(F)cc1. The molecule has 28 heavy (non-hydrogen) atoms. The number of amides is 1. The van der Waals surface area contributed by atoms with Crippen LogP contribution in [0.25, 0.3) is 22.4 Å². The lowest BCUT2D eigenvalue weighted by Gasteiger charge is -2.19. The molecule has 1 aliphatic heterocycles. The van der Waals surface area contributed by atoms with Crippen LogP contribution in [0, 0.1) is 12.7 Å². The molecular weight excluding hydrogens is 361 g/mol. The molecule has 1 aliphatic rings. The number of nitrogens with zero attached hydrogens (tertiary/aromatic N) is 2. The van der Waals surface area contributed by atoms with Crippen LogP contribution in [0.15, 0.2) is 42.5 Å². The minimum atomic E-state index is -0.340. The summed E-state index contributed by atoms with van der Waals surface area (Å²) in [6, 6.07) is 11.6. The average Bonchev–Trinajstić information content (AvgIpc) is 2.96. The number of ketones is 1. The van der Waals surface area contributed by atoms with E-state index in [0.29, 0.717) is 11.4 Å². The van der Waals surface area contributed by atoms with Crippen molar-refractivity contribution in [3.63, 3.8) is 0 Å². The number of fused-ring (bicyclic) bond motifs is 1. The van der Waals surface area contributed by atoms with Gasteiger partial charge in [0.05, 0.1) is 23.6 Å². The van der Waals surface area contributed by atoms with Crippen LogP contribution < -0.4 is 10.1 Å². The highest BCUT2D eigenvalue weighted by Crippen LogP contribution is 2.39. The normalized spacial score (nSPS) is 12.9. The second-order valence-corrected chi connectivity index (χ2v) is 6.72. The van der Waals surface area contributed by atoms with Gasteiger partial charge in [-0.05, 0) is 55.8 Å². The number of hydrogen-bond donors (Lipinski definition) is 1. The summed E-state index contributed by atoms with van der Waals surface area (Å²) in [5.41, 5.74) is 4.40. The molecule has 0 unspecified atom stereocenters. The van der Waals surface area contributed by atoms with Crippen molar-refractivity contribution >= 4 is 17.4 Å². The highest BCUT2D eigenvalue weighted by Gasteiger charge is 2.22. The maximum absolute atomic E-state index is 13.4. The Labute approximate surface area is 160 Å². The molecule has 1 N–H and O–H groups in total. The maximum Gasteiger partial charge on any atom is 0.262 e. The van der Waals surface area contributed by atoms with Crippen LogP contribution in [-0.4, -0.2) is 28.1 Å². The van der Waals surface area contributed by atoms with Gasteiger partial charge in [0, 0.05) is 11.1 Å². The van der Waals surface area contributed by atoms with E-state index in [0.717, 1.165) is 28.1 Å². The van der Waals surface area contributed by atoms with Crippen molar-refractivity contribution in [3.8, 4) is 28.1 Å².